The Balaban J connectivity index is 1.74. The quantitative estimate of drug-likeness (QED) is 0.213. The zero-order chi connectivity index (χ0) is 27.2. The summed E-state index contributed by atoms with van der Waals surface area (Å²) in [7, 11) is -2.24. The number of hydrogen-bond acceptors (Lipinski definition) is 7. The fourth-order valence-corrected chi connectivity index (χ4v) is 6.93. The van der Waals surface area contributed by atoms with Gasteiger partial charge < -0.3 is 4.90 Å². The Morgan fingerprint density at radius 2 is 1.76 bits per heavy atom. The molecule has 0 atom stereocenters. The second-order valence-corrected chi connectivity index (χ2v) is 11.7. The minimum absolute atomic E-state index is 0.151. The Morgan fingerprint density at radius 1 is 1.08 bits per heavy atom. The maximum atomic E-state index is 13.9. The van der Waals surface area contributed by atoms with Crippen LogP contribution in [0.1, 0.15) is 23.1 Å². The van der Waals surface area contributed by atoms with Crippen molar-refractivity contribution in [3.63, 3.8) is 0 Å². The highest BCUT2D eigenvalue weighted by molar-refractivity contribution is 7.90. The van der Waals surface area contributed by atoms with Gasteiger partial charge in [-0.15, -0.1) is 0 Å². The maximum Gasteiger partial charge on any atom is 0.268 e. The number of thiazole rings is 1. The third kappa shape index (κ3) is 4.32. The van der Waals surface area contributed by atoms with Crippen LogP contribution in [0.5, 0.6) is 0 Å². The number of fused-ring (bicyclic) bond motifs is 1. The monoisotopic (exact) mass is 565 g/mol. The number of hydrogen-bond donors (Lipinski definition) is 0. The van der Waals surface area contributed by atoms with E-state index in [2.05, 4.69) is 16.0 Å². The van der Waals surface area contributed by atoms with Crippen molar-refractivity contribution >= 4 is 54.8 Å². The van der Waals surface area contributed by atoms with Crippen molar-refractivity contribution in [3.05, 3.63) is 87.8 Å². The molecule has 2 aromatic carbocycles. The predicted molar refractivity (Wildman–Crippen MR) is 148 cm³/mol. The first-order valence-corrected chi connectivity index (χ1v) is 14.2. The molecule has 7 nitrogen and oxygen atoms in total. The summed E-state index contributed by atoms with van der Waals surface area (Å²) in [6.07, 6.45) is 0.361. The molecule has 0 bridgehead atoms. The fraction of sp³-hybridized carbons (Fsp3) is 0.148. The van der Waals surface area contributed by atoms with Crippen LogP contribution in [0.4, 0.5) is 15.2 Å². The summed E-state index contributed by atoms with van der Waals surface area (Å²) in [6.45, 7) is 3.75. The number of aryl methyl sites for hydroxylation is 1. The predicted octanol–water partition coefficient (Wildman–Crippen LogP) is 6.70. The summed E-state index contributed by atoms with van der Waals surface area (Å²) >= 11 is 7.41. The van der Waals surface area contributed by atoms with E-state index in [-0.39, 0.29) is 10.0 Å². The van der Waals surface area contributed by atoms with E-state index in [9.17, 15) is 18.1 Å². The van der Waals surface area contributed by atoms with Crippen LogP contribution in [-0.4, -0.2) is 29.4 Å². The van der Waals surface area contributed by atoms with E-state index in [1.807, 2.05) is 13.8 Å². The highest BCUT2D eigenvalue weighted by atomic mass is 35.5. The molecular weight excluding hydrogens is 545 g/mol. The SMILES string of the molecule is CCc1c(N(C)c2nc(-c3ccc(F)cc3)c(C#N)s2)c2nc(Cl)ccc2n1S(=O)(=O)c1ccc(C)cc1. The molecule has 0 aliphatic carbocycles. The highest BCUT2D eigenvalue weighted by Gasteiger charge is 2.30. The van der Waals surface area contributed by atoms with Gasteiger partial charge in [0.25, 0.3) is 10.0 Å². The first-order valence-electron chi connectivity index (χ1n) is 11.6. The van der Waals surface area contributed by atoms with Gasteiger partial charge in [0.1, 0.15) is 33.1 Å². The number of halogens is 2. The van der Waals surface area contributed by atoms with Crippen molar-refractivity contribution in [2.24, 2.45) is 0 Å². The molecule has 0 amide bonds. The van der Waals surface area contributed by atoms with E-state index in [4.69, 9.17) is 11.6 Å². The minimum atomic E-state index is -3.99. The van der Waals surface area contributed by atoms with Gasteiger partial charge in [-0.3, -0.25) is 0 Å². The third-order valence-corrected chi connectivity index (χ3v) is 9.17. The third-order valence-electron chi connectivity index (χ3n) is 6.15. The van der Waals surface area contributed by atoms with E-state index in [1.54, 1.807) is 60.5 Å². The smallest absolute Gasteiger partial charge is 0.268 e. The van der Waals surface area contributed by atoms with Gasteiger partial charge in [-0.1, -0.05) is 47.6 Å². The molecule has 0 fully saturated rings. The summed E-state index contributed by atoms with van der Waals surface area (Å²) in [5, 5.41) is 10.4. The van der Waals surface area contributed by atoms with Crippen LogP contribution >= 0.6 is 22.9 Å². The van der Waals surface area contributed by atoms with E-state index >= 15 is 0 Å². The highest BCUT2D eigenvalue weighted by Crippen LogP contribution is 2.42. The largest absolute Gasteiger partial charge is 0.317 e. The minimum Gasteiger partial charge on any atom is -0.317 e. The van der Waals surface area contributed by atoms with Crippen LogP contribution in [0, 0.1) is 24.1 Å². The number of anilines is 2. The average Bonchev–Trinajstić information content (AvgIpc) is 3.48. The van der Waals surface area contributed by atoms with Crippen molar-refractivity contribution in [2.45, 2.75) is 25.2 Å². The first kappa shape index (κ1) is 25.9. The lowest BCUT2D eigenvalue weighted by atomic mass is 10.1. The first-order chi connectivity index (χ1) is 18.1. The molecule has 0 aliphatic rings. The molecule has 0 N–H and O–H groups in total. The van der Waals surface area contributed by atoms with Gasteiger partial charge in [0.15, 0.2) is 5.13 Å². The molecule has 0 saturated carbocycles. The van der Waals surface area contributed by atoms with Crippen LogP contribution in [0.25, 0.3) is 22.3 Å². The zero-order valence-corrected chi connectivity index (χ0v) is 23.0. The molecular formula is C27H21ClFN5O2S2. The number of benzene rings is 2. The van der Waals surface area contributed by atoms with Crippen LogP contribution < -0.4 is 4.90 Å². The Hall–Kier alpha value is -3.78. The van der Waals surface area contributed by atoms with Gasteiger partial charge in [-0.25, -0.2) is 26.7 Å². The lowest BCUT2D eigenvalue weighted by molar-refractivity contribution is 0.587. The number of nitriles is 1. The molecule has 3 aromatic heterocycles. The van der Waals surface area contributed by atoms with Crippen LogP contribution in [0.2, 0.25) is 5.15 Å². The number of rotatable bonds is 6. The normalized spacial score (nSPS) is 11.6. The van der Waals surface area contributed by atoms with Gasteiger partial charge in [0.2, 0.25) is 0 Å². The Labute approximate surface area is 228 Å². The topological polar surface area (TPSA) is 91.9 Å². The molecule has 0 unspecified atom stereocenters. The summed E-state index contributed by atoms with van der Waals surface area (Å²) in [5.74, 6) is -0.391. The molecule has 5 aromatic rings. The van der Waals surface area contributed by atoms with E-state index in [0.29, 0.717) is 50.1 Å². The van der Waals surface area contributed by atoms with Crippen molar-refractivity contribution in [1.82, 2.24) is 13.9 Å². The molecule has 0 spiro atoms. The van der Waals surface area contributed by atoms with Crippen molar-refractivity contribution in [3.8, 4) is 17.3 Å². The van der Waals surface area contributed by atoms with Gasteiger partial charge in [-0.2, -0.15) is 5.26 Å². The molecule has 192 valence electrons. The van der Waals surface area contributed by atoms with Gasteiger partial charge in [-0.05, 0) is 61.9 Å². The second-order valence-electron chi connectivity index (χ2n) is 8.58. The Morgan fingerprint density at radius 3 is 2.39 bits per heavy atom. The Bertz CT molecular complexity index is 1820. The van der Waals surface area contributed by atoms with Crippen molar-refractivity contribution < 1.29 is 12.8 Å². The Kier molecular flexibility index (Phi) is 6.69. The number of pyridine rings is 1. The number of nitrogens with zero attached hydrogens (tertiary/aromatic N) is 5. The molecule has 5 rings (SSSR count). The van der Waals surface area contributed by atoms with Gasteiger partial charge in [0.05, 0.1) is 21.8 Å². The van der Waals surface area contributed by atoms with Crippen LogP contribution in [0.15, 0.2) is 65.6 Å². The number of aromatic nitrogens is 3. The second kappa shape index (κ2) is 9.83. The van der Waals surface area contributed by atoms with E-state index in [0.717, 1.165) is 16.9 Å². The summed E-state index contributed by atoms with van der Waals surface area (Å²) in [4.78, 5) is 11.4. The van der Waals surface area contributed by atoms with Crippen molar-refractivity contribution in [2.75, 3.05) is 11.9 Å². The summed E-state index contributed by atoms with van der Waals surface area (Å²) in [5.41, 5.74) is 3.74. The average molecular weight is 566 g/mol. The maximum absolute atomic E-state index is 13.9. The molecule has 0 saturated heterocycles. The standard InChI is InChI=1S/C27H21ClFN5O2S2/c1-4-20-26(33(3)27-32-24(22(15-30)37-27)17-7-9-18(29)10-8-17)25-21(13-14-23(28)31-25)34(20)38(35,36)19-11-5-16(2)6-12-19/h5-14H,4H2,1-3H3. The van der Waals surface area contributed by atoms with Gasteiger partial charge in [0, 0.05) is 12.6 Å². The molecule has 0 radical (unpaired) electrons. The molecule has 38 heavy (non-hydrogen) atoms. The summed E-state index contributed by atoms with van der Waals surface area (Å²) < 4.78 is 42.6. The van der Waals surface area contributed by atoms with Crippen molar-refractivity contribution in [1.29, 1.82) is 5.26 Å². The van der Waals surface area contributed by atoms with E-state index in [1.165, 1.54) is 16.1 Å². The molecule has 0 aliphatic heterocycles. The fourth-order valence-electron chi connectivity index (χ4n) is 4.33. The van der Waals surface area contributed by atoms with E-state index < -0.39 is 15.8 Å². The molecule has 3 heterocycles. The lowest BCUT2D eigenvalue weighted by Gasteiger charge is -2.18. The zero-order valence-electron chi connectivity index (χ0n) is 20.6. The van der Waals surface area contributed by atoms with Crippen LogP contribution in [-0.2, 0) is 16.4 Å². The lowest BCUT2D eigenvalue weighted by Crippen LogP contribution is -2.17. The molecule has 11 heteroatoms. The van der Waals surface area contributed by atoms with Gasteiger partial charge >= 0.3 is 0 Å². The summed E-state index contributed by atoms with van der Waals surface area (Å²) in [6, 6.07) is 17.8. The van der Waals surface area contributed by atoms with Crippen LogP contribution in [0.3, 0.4) is 0 Å².